The molecule has 312 valence electrons. The zero-order valence-electron chi connectivity index (χ0n) is 34.2. The van der Waals surface area contributed by atoms with E-state index in [9.17, 15) is 18.9 Å². The van der Waals surface area contributed by atoms with Crippen molar-refractivity contribution in [3.8, 4) is 11.5 Å². The summed E-state index contributed by atoms with van der Waals surface area (Å²) in [7, 11) is -0.766. The van der Waals surface area contributed by atoms with Gasteiger partial charge in [-0.2, -0.15) is 0 Å². The molecule has 2 saturated heterocycles. The van der Waals surface area contributed by atoms with Crippen LogP contribution in [0.2, 0.25) is 5.02 Å². The van der Waals surface area contributed by atoms with Crippen LogP contribution in [0.25, 0.3) is 0 Å². The lowest BCUT2D eigenvalue weighted by atomic mass is 10.0. The van der Waals surface area contributed by atoms with Crippen LogP contribution in [-0.4, -0.2) is 91.4 Å². The molecule has 3 amide bonds. The Morgan fingerprint density at radius 2 is 1.73 bits per heavy atom. The number of benzene rings is 3. The maximum Gasteiger partial charge on any atom is 0.255 e. The smallest absolute Gasteiger partial charge is 0.255 e. The lowest BCUT2D eigenvalue weighted by Gasteiger charge is -2.34. The largest absolute Gasteiger partial charge is 0.496 e. The number of rotatable bonds is 17. The molecule has 59 heavy (non-hydrogen) atoms. The maximum atomic E-state index is 12.9. The van der Waals surface area contributed by atoms with Crippen LogP contribution in [-0.2, 0) is 33.5 Å². The Bertz CT molecular complexity index is 2220. The molecule has 14 heteroatoms. The van der Waals surface area contributed by atoms with Gasteiger partial charge in [0.2, 0.25) is 11.8 Å². The summed E-state index contributed by atoms with van der Waals surface area (Å²) in [5, 5.41) is 7.46. The third kappa shape index (κ3) is 10.5. The molecular formula is C45H54ClN6O6P. The van der Waals surface area contributed by atoms with E-state index in [0.717, 1.165) is 97.3 Å². The molecule has 0 bridgehead atoms. The molecule has 1 atom stereocenters. The second-order valence-corrected chi connectivity index (χ2v) is 19.7. The number of amides is 3. The molecule has 7 rings (SSSR count). The van der Waals surface area contributed by atoms with Gasteiger partial charge in [-0.3, -0.25) is 19.7 Å². The molecule has 3 aliphatic heterocycles. The number of unbranched alkanes of at least 4 members (excludes halogenated alkanes) is 3. The number of fused-ring (bicyclic) bond motifs is 1. The molecule has 2 N–H and O–H groups in total. The number of nitrogens with zero attached hydrogens (tertiary/aromatic N) is 4. The highest BCUT2D eigenvalue weighted by Crippen LogP contribution is 2.37. The molecule has 4 heterocycles. The minimum Gasteiger partial charge on any atom is -0.496 e. The van der Waals surface area contributed by atoms with E-state index >= 15 is 0 Å². The molecule has 1 aromatic heterocycles. The van der Waals surface area contributed by atoms with Crippen molar-refractivity contribution >= 4 is 47.5 Å². The molecular weight excluding hydrogens is 787 g/mol. The summed E-state index contributed by atoms with van der Waals surface area (Å²) in [4.78, 5) is 50.2. The molecule has 0 spiro atoms. The molecule has 4 aromatic rings. The van der Waals surface area contributed by atoms with Gasteiger partial charge < -0.3 is 29.2 Å². The molecule has 1 unspecified atom stereocenters. The molecule has 3 aromatic carbocycles. The van der Waals surface area contributed by atoms with E-state index in [1.165, 1.54) is 0 Å². The number of nitrogens with one attached hydrogen (secondary N) is 2. The van der Waals surface area contributed by atoms with Gasteiger partial charge in [-0.1, -0.05) is 54.8 Å². The Balaban J connectivity index is 0.802. The van der Waals surface area contributed by atoms with Crippen molar-refractivity contribution in [3.05, 3.63) is 106 Å². The normalized spacial score (nSPS) is 17.3. The number of methoxy groups -OCH3 is 1. The highest BCUT2D eigenvalue weighted by atomic mass is 35.5. The van der Waals surface area contributed by atoms with Crippen molar-refractivity contribution in [2.45, 2.75) is 82.8 Å². The number of aromatic nitrogens is 2. The zero-order chi connectivity index (χ0) is 41.5. The first-order valence-electron chi connectivity index (χ1n) is 20.7. The number of carbonyl (C=O) groups is 3. The van der Waals surface area contributed by atoms with Gasteiger partial charge in [-0.05, 0) is 87.4 Å². The molecule has 0 radical (unpaired) electrons. The van der Waals surface area contributed by atoms with Crippen LogP contribution in [0.5, 0.6) is 11.5 Å². The van der Waals surface area contributed by atoms with Crippen molar-refractivity contribution in [1.29, 1.82) is 0 Å². The first-order valence-corrected chi connectivity index (χ1v) is 23.6. The Morgan fingerprint density at radius 3 is 2.51 bits per heavy atom. The number of hydrogen-bond acceptors (Lipinski definition) is 10. The number of carbonyl (C=O) groups excluding carboxylic acids is 3. The maximum absolute atomic E-state index is 12.9. The summed E-state index contributed by atoms with van der Waals surface area (Å²) < 4.78 is 24.8. The summed E-state index contributed by atoms with van der Waals surface area (Å²) >= 11 is 6.55. The Hall–Kier alpha value is -4.77. The third-order valence-electron chi connectivity index (χ3n) is 11.5. The fraction of sp³-hybridized carbons (Fsp3) is 0.444. The van der Waals surface area contributed by atoms with Gasteiger partial charge in [-0.25, -0.2) is 9.97 Å². The number of imide groups is 1. The summed E-state index contributed by atoms with van der Waals surface area (Å²) in [6.07, 6.45) is 9.64. The second kappa shape index (κ2) is 19.1. The lowest BCUT2D eigenvalue weighted by Crippen LogP contribution is -2.52. The summed E-state index contributed by atoms with van der Waals surface area (Å²) in [5.74, 6) is 1.32. The molecule has 0 saturated carbocycles. The predicted octanol–water partition coefficient (Wildman–Crippen LogP) is 6.53. The van der Waals surface area contributed by atoms with Crippen molar-refractivity contribution in [2.75, 3.05) is 51.6 Å². The first-order chi connectivity index (χ1) is 28.5. The van der Waals surface area contributed by atoms with Crippen molar-refractivity contribution in [1.82, 2.24) is 25.5 Å². The number of anilines is 1. The number of halogens is 1. The van der Waals surface area contributed by atoms with Crippen LogP contribution >= 0.6 is 18.7 Å². The zero-order valence-corrected chi connectivity index (χ0v) is 35.8. The standard InChI is InChI=1S/C45H54ClN6O6P/c1-57-40-27-34(13-12-30(40)26-42-48-28-37(46)38(49-42)25-31-10-6-7-11-41(31)59(2,3)56)51-21-18-33(19-22-51)47-20-8-4-5-9-23-58-35-14-15-36-32(24-35)29-52(45(36)55)39-16-17-43(53)50-44(39)54/h6-7,10-15,24,27-28,33,39,47H,4-5,8-9,16-23,25-26,29H2,1-3H3,(H,50,53,54). The molecule has 3 aliphatic rings. The van der Waals surface area contributed by atoms with E-state index in [-0.39, 0.29) is 18.2 Å². The van der Waals surface area contributed by atoms with Gasteiger partial charge in [0.1, 0.15) is 30.5 Å². The number of piperidine rings is 2. The number of hydrogen-bond donors (Lipinski definition) is 2. The fourth-order valence-electron chi connectivity index (χ4n) is 8.32. The van der Waals surface area contributed by atoms with Crippen LogP contribution in [0.1, 0.15) is 89.9 Å². The van der Waals surface area contributed by atoms with Crippen LogP contribution in [0.3, 0.4) is 0 Å². The van der Waals surface area contributed by atoms with E-state index in [0.29, 0.717) is 60.6 Å². The van der Waals surface area contributed by atoms with E-state index < -0.39 is 19.1 Å². The van der Waals surface area contributed by atoms with Crippen molar-refractivity contribution < 1.29 is 28.4 Å². The monoisotopic (exact) mass is 840 g/mol. The van der Waals surface area contributed by atoms with E-state index in [1.807, 2.05) is 36.4 Å². The number of ether oxygens (including phenoxy) is 2. The minimum atomic E-state index is -2.46. The topological polar surface area (TPSA) is 143 Å². The highest BCUT2D eigenvalue weighted by molar-refractivity contribution is 7.70. The Labute approximate surface area is 351 Å². The van der Waals surface area contributed by atoms with Crippen LogP contribution < -0.4 is 30.3 Å². The first kappa shape index (κ1) is 42.4. The van der Waals surface area contributed by atoms with Crippen LogP contribution in [0, 0.1) is 0 Å². The SMILES string of the molecule is COc1cc(N2CCC(NCCCCCCOc3ccc4c(c3)CN(C3CCC(=O)NC3=O)C4=O)CC2)ccc1Cc1ncc(Cl)c(Cc2ccccc2P(C)(C)=O)n1. The average molecular weight is 841 g/mol. The van der Waals surface area contributed by atoms with E-state index in [4.69, 9.17) is 26.1 Å². The van der Waals surface area contributed by atoms with Crippen molar-refractivity contribution in [2.24, 2.45) is 0 Å². The van der Waals surface area contributed by atoms with Crippen LogP contribution in [0.4, 0.5) is 5.69 Å². The molecule has 2 fully saturated rings. The third-order valence-corrected chi connectivity index (χ3v) is 13.5. The van der Waals surface area contributed by atoms with Crippen LogP contribution in [0.15, 0.2) is 66.9 Å². The van der Waals surface area contributed by atoms with Gasteiger partial charge in [0.15, 0.2) is 0 Å². The van der Waals surface area contributed by atoms with Gasteiger partial charge in [0, 0.05) is 79.3 Å². The van der Waals surface area contributed by atoms with E-state index in [1.54, 1.807) is 37.6 Å². The van der Waals surface area contributed by atoms with Gasteiger partial charge >= 0.3 is 0 Å². The van der Waals surface area contributed by atoms with Gasteiger partial charge in [-0.15, -0.1) is 0 Å². The second-order valence-electron chi connectivity index (χ2n) is 16.1. The van der Waals surface area contributed by atoms with Gasteiger partial charge in [0.05, 0.1) is 24.4 Å². The molecule has 0 aliphatic carbocycles. The summed E-state index contributed by atoms with van der Waals surface area (Å²) in [6, 6.07) is 19.5. The van der Waals surface area contributed by atoms with Gasteiger partial charge in [0.25, 0.3) is 5.91 Å². The average Bonchev–Trinajstić information content (AvgIpc) is 3.55. The summed E-state index contributed by atoms with van der Waals surface area (Å²) in [5.41, 5.74) is 5.27. The van der Waals surface area contributed by atoms with Crippen molar-refractivity contribution in [3.63, 3.8) is 0 Å². The molecule has 12 nitrogen and oxygen atoms in total. The lowest BCUT2D eigenvalue weighted by molar-refractivity contribution is -0.136. The minimum absolute atomic E-state index is 0.175. The predicted molar refractivity (Wildman–Crippen MR) is 231 cm³/mol. The summed E-state index contributed by atoms with van der Waals surface area (Å²) in [6.45, 7) is 7.45. The quantitative estimate of drug-likeness (QED) is 0.0685. The van der Waals surface area contributed by atoms with E-state index in [2.05, 4.69) is 38.7 Å². The Morgan fingerprint density at radius 1 is 0.932 bits per heavy atom. The highest BCUT2D eigenvalue weighted by Gasteiger charge is 2.39. The fourth-order valence-corrected chi connectivity index (χ4v) is 9.77. The Kier molecular flexibility index (Phi) is 13.7.